The predicted molar refractivity (Wildman–Crippen MR) is 86.2 cm³/mol. The lowest BCUT2D eigenvalue weighted by Gasteiger charge is -2.35. The van der Waals surface area contributed by atoms with Crippen molar-refractivity contribution in [2.24, 2.45) is 10.4 Å². The summed E-state index contributed by atoms with van der Waals surface area (Å²) in [4.78, 5) is 16.1. The number of amidine groups is 1. The second-order valence-corrected chi connectivity index (χ2v) is 7.92. The van der Waals surface area contributed by atoms with Crippen LogP contribution >= 0.6 is 11.8 Å². The van der Waals surface area contributed by atoms with Gasteiger partial charge in [0.25, 0.3) is 0 Å². The largest absolute Gasteiger partial charge is 0.362 e. The molecule has 1 unspecified atom stereocenters. The van der Waals surface area contributed by atoms with Gasteiger partial charge in [0, 0.05) is 30.8 Å². The third kappa shape index (κ3) is 5.35. The minimum absolute atomic E-state index is 0.185. The summed E-state index contributed by atoms with van der Waals surface area (Å²) in [6.45, 7) is 7.53. The topological polar surface area (TPSA) is 53.5 Å². The van der Waals surface area contributed by atoms with E-state index in [9.17, 15) is 4.79 Å². The maximum atomic E-state index is 11.5. The Labute approximate surface area is 126 Å². The number of thioether (sulfide) groups is 1. The van der Waals surface area contributed by atoms with Crippen molar-refractivity contribution >= 4 is 22.8 Å². The van der Waals surface area contributed by atoms with Crippen molar-refractivity contribution in [2.75, 3.05) is 12.3 Å². The number of amides is 1. The van der Waals surface area contributed by atoms with Crippen molar-refractivity contribution in [3.05, 3.63) is 0 Å². The first kappa shape index (κ1) is 15.7. The lowest BCUT2D eigenvalue weighted by Crippen LogP contribution is -2.46. The zero-order valence-corrected chi connectivity index (χ0v) is 13.7. The van der Waals surface area contributed by atoms with Crippen LogP contribution in [0.3, 0.4) is 0 Å². The Morgan fingerprint density at radius 1 is 1.40 bits per heavy atom. The SMILES string of the molecule is CC(C)(C)C1CCSC(=NCCCC(=O)NC2CC2)N1. The van der Waals surface area contributed by atoms with Crippen LogP contribution in [0.4, 0.5) is 0 Å². The molecule has 2 fully saturated rings. The molecular formula is C15H27N3OS. The van der Waals surface area contributed by atoms with Crippen LogP contribution < -0.4 is 10.6 Å². The molecule has 0 aromatic rings. The van der Waals surface area contributed by atoms with Crippen LogP contribution in [0.1, 0.15) is 52.9 Å². The van der Waals surface area contributed by atoms with Crippen molar-refractivity contribution < 1.29 is 4.79 Å². The molecule has 0 aromatic carbocycles. The average molecular weight is 297 g/mol. The number of nitrogens with one attached hydrogen (secondary N) is 2. The Morgan fingerprint density at radius 2 is 2.15 bits per heavy atom. The summed E-state index contributed by atoms with van der Waals surface area (Å²) in [5.41, 5.74) is 0.270. The van der Waals surface area contributed by atoms with Crippen molar-refractivity contribution in [1.29, 1.82) is 0 Å². The van der Waals surface area contributed by atoms with Crippen LogP contribution in [0.15, 0.2) is 4.99 Å². The summed E-state index contributed by atoms with van der Waals surface area (Å²) >= 11 is 1.80. The Bertz CT molecular complexity index is 372. The molecule has 1 atom stereocenters. The molecule has 4 nitrogen and oxygen atoms in total. The monoisotopic (exact) mass is 297 g/mol. The fraction of sp³-hybridized carbons (Fsp3) is 0.867. The fourth-order valence-electron chi connectivity index (χ4n) is 2.22. The van der Waals surface area contributed by atoms with E-state index in [1.54, 1.807) is 11.8 Å². The Balaban J connectivity index is 1.66. The van der Waals surface area contributed by atoms with Gasteiger partial charge >= 0.3 is 0 Å². The van der Waals surface area contributed by atoms with E-state index in [-0.39, 0.29) is 11.3 Å². The molecule has 5 heteroatoms. The van der Waals surface area contributed by atoms with Gasteiger partial charge in [-0.3, -0.25) is 9.79 Å². The zero-order valence-electron chi connectivity index (χ0n) is 12.9. The number of hydrogen-bond donors (Lipinski definition) is 2. The van der Waals surface area contributed by atoms with Crippen molar-refractivity contribution in [1.82, 2.24) is 10.6 Å². The molecule has 2 N–H and O–H groups in total. The maximum Gasteiger partial charge on any atom is 0.220 e. The zero-order chi connectivity index (χ0) is 14.6. The molecule has 1 saturated carbocycles. The van der Waals surface area contributed by atoms with Gasteiger partial charge in [-0.15, -0.1) is 0 Å². The lowest BCUT2D eigenvalue weighted by atomic mass is 9.85. The van der Waals surface area contributed by atoms with E-state index >= 15 is 0 Å². The standard InChI is InChI=1S/C15H27N3OS/c1-15(2,3)12-8-10-20-14(18-12)16-9-4-5-13(19)17-11-6-7-11/h11-12H,4-10H2,1-3H3,(H,16,18)(H,17,19). The van der Waals surface area contributed by atoms with E-state index in [2.05, 4.69) is 36.4 Å². The first-order valence-electron chi connectivity index (χ1n) is 7.68. The van der Waals surface area contributed by atoms with E-state index < -0.39 is 0 Å². The van der Waals surface area contributed by atoms with E-state index in [4.69, 9.17) is 0 Å². The highest BCUT2D eigenvalue weighted by Gasteiger charge is 2.28. The van der Waals surface area contributed by atoms with Crippen LogP contribution in [0.2, 0.25) is 0 Å². The van der Waals surface area contributed by atoms with Gasteiger partial charge in [-0.05, 0) is 31.1 Å². The first-order chi connectivity index (χ1) is 9.45. The molecule has 20 heavy (non-hydrogen) atoms. The highest BCUT2D eigenvalue weighted by molar-refractivity contribution is 8.13. The number of nitrogens with zero attached hydrogens (tertiary/aromatic N) is 1. The molecule has 114 valence electrons. The normalized spacial score (nSPS) is 25.4. The number of hydrogen-bond acceptors (Lipinski definition) is 3. The summed E-state index contributed by atoms with van der Waals surface area (Å²) < 4.78 is 0. The first-order valence-corrected chi connectivity index (χ1v) is 8.67. The van der Waals surface area contributed by atoms with Gasteiger partial charge in [-0.2, -0.15) is 0 Å². The molecule has 1 saturated heterocycles. The quantitative estimate of drug-likeness (QED) is 0.767. The van der Waals surface area contributed by atoms with Crippen LogP contribution in [0.5, 0.6) is 0 Å². The van der Waals surface area contributed by atoms with E-state index in [0.29, 0.717) is 18.5 Å². The van der Waals surface area contributed by atoms with Gasteiger partial charge in [-0.1, -0.05) is 32.5 Å². The predicted octanol–water partition coefficient (Wildman–Crippen LogP) is 2.54. The molecule has 0 spiro atoms. The molecule has 2 aliphatic rings. The summed E-state index contributed by atoms with van der Waals surface area (Å²) in [7, 11) is 0. The number of carbonyl (C=O) groups is 1. The van der Waals surface area contributed by atoms with Gasteiger partial charge in [-0.25, -0.2) is 0 Å². The number of rotatable bonds is 5. The lowest BCUT2D eigenvalue weighted by molar-refractivity contribution is -0.121. The molecule has 0 radical (unpaired) electrons. The van der Waals surface area contributed by atoms with Gasteiger partial charge < -0.3 is 10.6 Å². The Hall–Kier alpha value is -0.710. The van der Waals surface area contributed by atoms with Crippen molar-refractivity contribution in [2.45, 2.75) is 65.0 Å². The molecule has 1 amide bonds. The smallest absolute Gasteiger partial charge is 0.220 e. The summed E-state index contributed by atoms with van der Waals surface area (Å²) in [5.74, 6) is 1.32. The summed E-state index contributed by atoms with van der Waals surface area (Å²) in [5, 5.41) is 7.60. The number of aliphatic imine (C=N–C) groups is 1. The van der Waals surface area contributed by atoms with Gasteiger partial charge in [0.15, 0.2) is 5.17 Å². The molecular weight excluding hydrogens is 270 g/mol. The third-order valence-electron chi connectivity index (χ3n) is 3.75. The minimum atomic E-state index is 0.185. The van der Waals surface area contributed by atoms with E-state index in [1.165, 1.54) is 6.42 Å². The van der Waals surface area contributed by atoms with Crippen LogP contribution in [-0.4, -0.2) is 35.5 Å². The third-order valence-corrected chi connectivity index (χ3v) is 4.71. The molecule has 1 aliphatic heterocycles. The molecule has 0 bridgehead atoms. The Morgan fingerprint density at radius 3 is 2.80 bits per heavy atom. The van der Waals surface area contributed by atoms with Gasteiger partial charge in [0.05, 0.1) is 0 Å². The summed E-state index contributed by atoms with van der Waals surface area (Å²) in [6.07, 6.45) is 4.94. The highest BCUT2D eigenvalue weighted by Crippen LogP contribution is 2.27. The second-order valence-electron chi connectivity index (χ2n) is 6.83. The minimum Gasteiger partial charge on any atom is -0.362 e. The van der Waals surface area contributed by atoms with E-state index in [0.717, 1.165) is 36.7 Å². The molecule has 1 aliphatic carbocycles. The number of carbonyl (C=O) groups excluding carboxylic acids is 1. The summed E-state index contributed by atoms with van der Waals surface area (Å²) in [6, 6.07) is 0.970. The van der Waals surface area contributed by atoms with Gasteiger partial charge in [0.2, 0.25) is 5.91 Å². The molecule has 2 rings (SSSR count). The van der Waals surface area contributed by atoms with Crippen LogP contribution in [0, 0.1) is 5.41 Å². The van der Waals surface area contributed by atoms with Crippen molar-refractivity contribution in [3.8, 4) is 0 Å². The second kappa shape index (κ2) is 6.83. The maximum absolute atomic E-state index is 11.5. The average Bonchev–Trinajstić information content (AvgIpc) is 3.18. The van der Waals surface area contributed by atoms with Gasteiger partial charge in [0.1, 0.15) is 0 Å². The van der Waals surface area contributed by atoms with Crippen LogP contribution in [-0.2, 0) is 4.79 Å². The fourth-order valence-corrected chi connectivity index (χ4v) is 3.18. The molecule has 0 aromatic heterocycles. The van der Waals surface area contributed by atoms with Crippen molar-refractivity contribution in [3.63, 3.8) is 0 Å². The van der Waals surface area contributed by atoms with E-state index in [1.807, 2.05) is 0 Å². The van der Waals surface area contributed by atoms with Crippen LogP contribution in [0.25, 0.3) is 0 Å². The Kier molecular flexibility index (Phi) is 5.35. The highest BCUT2D eigenvalue weighted by atomic mass is 32.2. The molecule has 1 heterocycles.